The minimum absolute atomic E-state index is 0.112. The summed E-state index contributed by atoms with van der Waals surface area (Å²) in [6.07, 6.45) is 6.45. The summed E-state index contributed by atoms with van der Waals surface area (Å²) >= 11 is 0. The maximum absolute atomic E-state index is 12.6. The van der Waals surface area contributed by atoms with Crippen LogP contribution >= 0.6 is 0 Å². The van der Waals surface area contributed by atoms with E-state index >= 15 is 0 Å². The van der Waals surface area contributed by atoms with Crippen LogP contribution in [0.25, 0.3) is 0 Å². The van der Waals surface area contributed by atoms with Crippen molar-refractivity contribution in [3.05, 3.63) is 108 Å². The molecule has 7 nitrogen and oxygen atoms in total. The van der Waals surface area contributed by atoms with E-state index in [0.717, 1.165) is 11.3 Å². The summed E-state index contributed by atoms with van der Waals surface area (Å²) in [7, 11) is 0. The third-order valence-corrected chi connectivity index (χ3v) is 4.25. The van der Waals surface area contributed by atoms with Gasteiger partial charge in [-0.2, -0.15) is 0 Å². The van der Waals surface area contributed by atoms with Gasteiger partial charge in [-0.15, -0.1) is 0 Å². The highest BCUT2D eigenvalue weighted by atomic mass is 16.5. The number of aromatic nitrogens is 3. The minimum atomic E-state index is -0.525. The van der Waals surface area contributed by atoms with E-state index in [1.54, 1.807) is 49.1 Å². The van der Waals surface area contributed by atoms with Gasteiger partial charge in [0.15, 0.2) is 0 Å². The molecule has 0 unspecified atom stereocenters. The van der Waals surface area contributed by atoms with Gasteiger partial charge in [0.25, 0.3) is 0 Å². The molecule has 4 aromatic rings. The first kappa shape index (κ1) is 20.0. The monoisotopic (exact) mass is 413 g/mol. The first-order valence-corrected chi connectivity index (χ1v) is 9.59. The van der Waals surface area contributed by atoms with Gasteiger partial charge in [-0.05, 0) is 54.1 Å². The number of pyridine rings is 3. The molecule has 0 amide bonds. The fourth-order valence-corrected chi connectivity index (χ4v) is 2.70. The number of esters is 1. The average Bonchev–Trinajstić information content (AvgIpc) is 2.83. The molecule has 0 atom stereocenters. The van der Waals surface area contributed by atoms with E-state index in [9.17, 15) is 4.79 Å². The first-order valence-electron chi connectivity index (χ1n) is 9.59. The van der Waals surface area contributed by atoms with Crippen LogP contribution in [0.1, 0.15) is 21.6 Å². The van der Waals surface area contributed by atoms with Gasteiger partial charge in [-0.1, -0.05) is 18.2 Å². The molecule has 0 aliphatic heterocycles. The van der Waals surface area contributed by atoms with Crippen LogP contribution < -0.4 is 9.47 Å². The summed E-state index contributed by atoms with van der Waals surface area (Å²) in [5.74, 6) is 0.831. The second kappa shape index (κ2) is 9.98. The van der Waals surface area contributed by atoms with Crippen molar-refractivity contribution >= 4 is 5.97 Å². The standard InChI is InChI=1S/C24H19N3O4/c28-24(22-7-4-14-27-23(22)31-21-6-3-12-25-15-21)30-16-18-8-10-20(11-9-18)29-17-19-5-1-2-13-26-19/h1-15H,16-17H2. The van der Waals surface area contributed by atoms with Crippen molar-refractivity contribution in [2.75, 3.05) is 0 Å². The van der Waals surface area contributed by atoms with Crippen LogP contribution in [0, 0.1) is 0 Å². The SMILES string of the molecule is O=C(OCc1ccc(OCc2ccccn2)cc1)c1cccnc1Oc1cccnc1. The Bertz CT molecular complexity index is 1120. The molecule has 154 valence electrons. The Morgan fingerprint density at radius 1 is 0.774 bits per heavy atom. The van der Waals surface area contributed by atoms with Crippen LogP contribution in [-0.2, 0) is 18.0 Å². The van der Waals surface area contributed by atoms with E-state index < -0.39 is 5.97 Å². The number of nitrogens with zero attached hydrogens (tertiary/aromatic N) is 3. The fourth-order valence-electron chi connectivity index (χ4n) is 2.70. The number of hydrogen-bond acceptors (Lipinski definition) is 7. The first-order chi connectivity index (χ1) is 15.3. The molecule has 31 heavy (non-hydrogen) atoms. The molecule has 0 bridgehead atoms. The van der Waals surface area contributed by atoms with Crippen molar-refractivity contribution in [2.45, 2.75) is 13.2 Å². The van der Waals surface area contributed by atoms with Gasteiger partial charge in [-0.25, -0.2) is 9.78 Å². The van der Waals surface area contributed by atoms with Crippen LogP contribution in [-0.4, -0.2) is 20.9 Å². The molecule has 0 saturated heterocycles. The fraction of sp³-hybridized carbons (Fsp3) is 0.0833. The maximum atomic E-state index is 12.6. The van der Waals surface area contributed by atoms with Gasteiger partial charge < -0.3 is 14.2 Å². The van der Waals surface area contributed by atoms with Gasteiger partial charge in [0.2, 0.25) is 5.88 Å². The molecule has 3 heterocycles. The van der Waals surface area contributed by atoms with Crippen LogP contribution in [0.4, 0.5) is 0 Å². The van der Waals surface area contributed by atoms with E-state index in [4.69, 9.17) is 14.2 Å². The molecule has 0 aliphatic rings. The summed E-state index contributed by atoms with van der Waals surface area (Å²) in [5, 5.41) is 0. The Morgan fingerprint density at radius 2 is 1.61 bits per heavy atom. The van der Waals surface area contributed by atoms with Crippen molar-refractivity contribution in [1.29, 1.82) is 0 Å². The van der Waals surface area contributed by atoms with Gasteiger partial charge in [0, 0.05) is 18.6 Å². The average molecular weight is 413 g/mol. The molecule has 7 heteroatoms. The summed E-state index contributed by atoms with van der Waals surface area (Å²) in [5.41, 5.74) is 1.92. The third kappa shape index (κ3) is 5.63. The summed E-state index contributed by atoms with van der Waals surface area (Å²) in [4.78, 5) is 24.9. The molecular weight excluding hydrogens is 394 g/mol. The number of carbonyl (C=O) groups excluding carboxylic acids is 1. The summed E-state index contributed by atoms with van der Waals surface area (Å²) < 4.78 is 16.8. The highest BCUT2D eigenvalue weighted by Gasteiger charge is 2.16. The molecule has 0 saturated carbocycles. The van der Waals surface area contributed by atoms with Crippen molar-refractivity contribution in [1.82, 2.24) is 15.0 Å². The maximum Gasteiger partial charge on any atom is 0.344 e. The number of benzene rings is 1. The molecular formula is C24H19N3O4. The number of rotatable bonds is 8. The van der Waals surface area contributed by atoms with Gasteiger partial charge in [-0.3, -0.25) is 9.97 Å². The van der Waals surface area contributed by atoms with Crippen molar-refractivity contribution < 1.29 is 19.0 Å². The van der Waals surface area contributed by atoms with E-state index in [2.05, 4.69) is 15.0 Å². The molecule has 0 N–H and O–H groups in total. The highest BCUT2D eigenvalue weighted by Crippen LogP contribution is 2.23. The van der Waals surface area contributed by atoms with Crippen LogP contribution in [0.5, 0.6) is 17.4 Å². The number of hydrogen-bond donors (Lipinski definition) is 0. The zero-order valence-electron chi connectivity index (χ0n) is 16.5. The van der Waals surface area contributed by atoms with Crippen molar-refractivity contribution in [3.63, 3.8) is 0 Å². The number of ether oxygens (including phenoxy) is 3. The van der Waals surface area contributed by atoms with Crippen molar-refractivity contribution in [2.24, 2.45) is 0 Å². The second-order valence-corrected chi connectivity index (χ2v) is 6.48. The molecule has 1 aromatic carbocycles. The normalized spacial score (nSPS) is 10.3. The number of carbonyl (C=O) groups is 1. The topological polar surface area (TPSA) is 83.4 Å². The van der Waals surface area contributed by atoms with Gasteiger partial charge in [0.1, 0.15) is 30.3 Å². The zero-order chi connectivity index (χ0) is 21.3. The molecule has 3 aromatic heterocycles. The zero-order valence-corrected chi connectivity index (χ0v) is 16.5. The predicted octanol–water partition coefficient (Wildman–Crippen LogP) is 4.60. The van der Waals surface area contributed by atoms with E-state index in [-0.39, 0.29) is 18.1 Å². The van der Waals surface area contributed by atoms with Crippen molar-refractivity contribution in [3.8, 4) is 17.4 Å². The smallest absolute Gasteiger partial charge is 0.344 e. The Hall–Kier alpha value is -4.26. The van der Waals surface area contributed by atoms with Gasteiger partial charge >= 0.3 is 5.97 Å². The Morgan fingerprint density at radius 3 is 2.39 bits per heavy atom. The molecule has 0 fully saturated rings. The van der Waals surface area contributed by atoms with E-state index in [0.29, 0.717) is 18.1 Å². The minimum Gasteiger partial charge on any atom is -0.487 e. The van der Waals surface area contributed by atoms with Crippen LogP contribution in [0.3, 0.4) is 0 Å². The lowest BCUT2D eigenvalue weighted by atomic mass is 10.2. The van der Waals surface area contributed by atoms with Crippen LogP contribution in [0.2, 0.25) is 0 Å². The predicted molar refractivity (Wildman–Crippen MR) is 113 cm³/mol. The van der Waals surface area contributed by atoms with Gasteiger partial charge in [0.05, 0.1) is 11.9 Å². The molecule has 0 radical (unpaired) electrons. The third-order valence-electron chi connectivity index (χ3n) is 4.25. The lowest BCUT2D eigenvalue weighted by Gasteiger charge is -2.10. The lowest BCUT2D eigenvalue weighted by Crippen LogP contribution is -2.08. The lowest BCUT2D eigenvalue weighted by molar-refractivity contribution is 0.0469. The van der Waals surface area contributed by atoms with Crippen LogP contribution in [0.15, 0.2) is 91.5 Å². The molecule has 0 spiro atoms. The molecule has 4 rings (SSSR count). The highest BCUT2D eigenvalue weighted by molar-refractivity contribution is 5.91. The van der Waals surface area contributed by atoms with E-state index in [1.165, 1.54) is 0 Å². The second-order valence-electron chi connectivity index (χ2n) is 6.48. The Balaban J connectivity index is 1.34. The Kier molecular flexibility index (Phi) is 6.45. The largest absolute Gasteiger partial charge is 0.487 e. The Labute approximate surface area is 179 Å². The van der Waals surface area contributed by atoms with E-state index in [1.807, 2.05) is 42.5 Å². The quantitative estimate of drug-likeness (QED) is 0.390. The summed E-state index contributed by atoms with van der Waals surface area (Å²) in [6, 6.07) is 19.7. The molecule has 0 aliphatic carbocycles. The summed E-state index contributed by atoms with van der Waals surface area (Å²) in [6.45, 7) is 0.496.